The number of esters is 1. The summed E-state index contributed by atoms with van der Waals surface area (Å²) in [4.78, 5) is 19.9. The van der Waals surface area contributed by atoms with E-state index in [0.29, 0.717) is 6.08 Å². The van der Waals surface area contributed by atoms with Crippen molar-refractivity contribution in [1.29, 1.82) is 0 Å². The number of ether oxygens (including phenoxy) is 1. The summed E-state index contributed by atoms with van der Waals surface area (Å²) in [7, 11) is 1.18. The molecule has 0 heterocycles. The van der Waals surface area contributed by atoms with E-state index in [4.69, 9.17) is 5.11 Å². The van der Waals surface area contributed by atoms with Gasteiger partial charge in [-0.1, -0.05) is 24.3 Å². The maximum absolute atomic E-state index is 10.1. The van der Waals surface area contributed by atoms with Crippen molar-refractivity contribution in [3.8, 4) is 0 Å². The number of allylic oxidation sites excluding steroid dienone is 4. The van der Waals surface area contributed by atoms with Gasteiger partial charge in [0.15, 0.2) is 0 Å². The third-order valence-corrected chi connectivity index (χ3v) is 1.22. The topological polar surface area (TPSA) is 63.6 Å². The average molecular weight is 196 g/mol. The number of carbonyl (C=O) groups is 2. The van der Waals surface area contributed by atoms with E-state index < -0.39 is 11.9 Å². The van der Waals surface area contributed by atoms with Gasteiger partial charge in [0, 0.05) is 12.2 Å². The van der Waals surface area contributed by atoms with Gasteiger partial charge in [-0.15, -0.1) is 0 Å². The van der Waals surface area contributed by atoms with Gasteiger partial charge in [-0.05, 0) is 6.42 Å². The number of methoxy groups -OCH3 is 1. The lowest BCUT2D eigenvalue weighted by Gasteiger charge is -1.85. The van der Waals surface area contributed by atoms with E-state index in [9.17, 15) is 9.59 Å². The Morgan fingerprint density at radius 3 is 2.14 bits per heavy atom. The zero-order valence-corrected chi connectivity index (χ0v) is 7.84. The minimum Gasteiger partial charge on any atom is -0.478 e. The smallest absolute Gasteiger partial charge is 0.330 e. The van der Waals surface area contributed by atoms with E-state index in [-0.39, 0.29) is 0 Å². The Hall–Kier alpha value is -1.84. The molecule has 0 amide bonds. The molecule has 0 unspecified atom stereocenters. The lowest BCUT2D eigenvalue weighted by atomic mass is 10.5. The highest BCUT2D eigenvalue weighted by atomic mass is 16.5. The van der Waals surface area contributed by atoms with Gasteiger partial charge >= 0.3 is 11.9 Å². The molecule has 0 aromatic rings. The van der Waals surface area contributed by atoms with Gasteiger partial charge in [-0.3, -0.25) is 0 Å². The maximum atomic E-state index is 10.1. The van der Waals surface area contributed by atoms with Gasteiger partial charge in [0.25, 0.3) is 0 Å². The molecule has 4 nitrogen and oxygen atoms in total. The van der Waals surface area contributed by atoms with E-state index in [2.05, 4.69) is 29.0 Å². The third kappa shape index (κ3) is 8.26. The van der Waals surface area contributed by atoms with Crippen LogP contribution in [0.1, 0.15) is 6.42 Å². The minimum atomic E-state index is -1.17. The monoisotopic (exact) mass is 196 g/mol. The van der Waals surface area contributed by atoms with Gasteiger partial charge in [0.05, 0.1) is 7.11 Å². The molecule has 4 heteroatoms. The van der Waals surface area contributed by atoms with Crippen molar-refractivity contribution >= 4 is 11.9 Å². The number of rotatable bonds is 2. The Morgan fingerprint density at radius 2 is 1.86 bits per heavy atom. The molecule has 1 rings (SSSR count). The van der Waals surface area contributed by atoms with Crippen LogP contribution in [0.15, 0.2) is 36.5 Å². The standard InChI is InChI=1S/C5H6O4.C5H6/c1-9-5(8)3-2-4(6)7;1-2-4-5-3-1/h2-3H,1H3,(H,6,7);1-4H,5H2. The number of carbonyl (C=O) groups excluding carboxylic acids is 1. The summed E-state index contributed by atoms with van der Waals surface area (Å²) in [5, 5.41) is 7.96. The molecule has 14 heavy (non-hydrogen) atoms. The molecule has 1 N–H and O–H groups in total. The molecule has 0 bridgehead atoms. The predicted octanol–water partition coefficient (Wildman–Crippen LogP) is 1.30. The average Bonchev–Trinajstić information content (AvgIpc) is 2.71. The Kier molecular flexibility index (Phi) is 6.77. The molecule has 0 saturated carbocycles. The number of carboxylic acids is 1. The fourth-order valence-electron chi connectivity index (χ4n) is 0.600. The van der Waals surface area contributed by atoms with Crippen molar-refractivity contribution in [2.24, 2.45) is 0 Å². The quantitative estimate of drug-likeness (QED) is 0.534. The molecule has 1 aliphatic rings. The molecule has 0 aromatic heterocycles. The van der Waals surface area contributed by atoms with Gasteiger partial charge < -0.3 is 9.84 Å². The van der Waals surface area contributed by atoms with E-state index >= 15 is 0 Å². The summed E-state index contributed by atoms with van der Waals surface area (Å²) in [6.07, 6.45) is 11.0. The zero-order chi connectivity index (χ0) is 10.8. The first-order valence-corrected chi connectivity index (χ1v) is 3.97. The van der Waals surface area contributed by atoms with E-state index in [1.807, 2.05) is 0 Å². The number of aliphatic carboxylic acids is 1. The van der Waals surface area contributed by atoms with Crippen LogP contribution >= 0.6 is 0 Å². The number of carboxylic acid groups (broad SMARTS) is 1. The van der Waals surface area contributed by atoms with E-state index in [1.165, 1.54) is 7.11 Å². The Balaban J connectivity index is 0.000000280. The van der Waals surface area contributed by atoms with Crippen LogP contribution in [0.4, 0.5) is 0 Å². The van der Waals surface area contributed by atoms with Crippen LogP contribution in [0.5, 0.6) is 0 Å². The fraction of sp³-hybridized carbons (Fsp3) is 0.200. The van der Waals surface area contributed by atoms with E-state index in [0.717, 1.165) is 12.5 Å². The Bertz CT molecular complexity index is 264. The molecule has 0 atom stereocenters. The van der Waals surface area contributed by atoms with Crippen LogP contribution in [-0.4, -0.2) is 24.2 Å². The van der Waals surface area contributed by atoms with Crippen molar-refractivity contribution in [2.45, 2.75) is 6.42 Å². The molecule has 0 aromatic carbocycles. The number of hydrogen-bond donors (Lipinski definition) is 1. The normalized spacial score (nSPS) is 12.4. The van der Waals surface area contributed by atoms with Crippen LogP contribution in [0.2, 0.25) is 0 Å². The molecule has 1 aliphatic carbocycles. The van der Waals surface area contributed by atoms with E-state index in [1.54, 1.807) is 0 Å². The molecule has 0 aliphatic heterocycles. The lowest BCUT2D eigenvalue weighted by Crippen LogP contribution is -1.96. The maximum Gasteiger partial charge on any atom is 0.330 e. The molecule has 0 radical (unpaired) electrons. The van der Waals surface area contributed by atoms with Gasteiger partial charge in [-0.25, -0.2) is 9.59 Å². The SMILES string of the molecule is C1=CCC=C1.COC(=O)C=CC(=O)O. The Morgan fingerprint density at radius 1 is 1.29 bits per heavy atom. The first kappa shape index (κ1) is 12.2. The highest BCUT2D eigenvalue weighted by Crippen LogP contribution is 1.93. The van der Waals surface area contributed by atoms with Crippen molar-refractivity contribution in [3.63, 3.8) is 0 Å². The van der Waals surface area contributed by atoms with Crippen molar-refractivity contribution in [1.82, 2.24) is 0 Å². The highest BCUT2D eigenvalue weighted by molar-refractivity contribution is 5.90. The summed E-state index contributed by atoms with van der Waals surface area (Å²) in [5.41, 5.74) is 0. The molecule has 0 fully saturated rings. The van der Waals surface area contributed by atoms with Gasteiger partial charge in [-0.2, -0.15) is 0 Å². The van der Waals surface area contributed by atoms with Crippen LogP contribution in [-0.2, 0) is 14.3 Å². The second-order valence-corrected chi connectivity index (χ2v) is 2.29. The van der Waals surface area contributed by atoms with Crippen LogP contribution in [0.25, 0.3) is 0 Å². The summed E-state index contributed by atoms with van der Waals surface area (Å²) < 4.78 is 4.11. The summed E-state index contributed by atoms with van der Waals surface area (Å²) in [6.45, 7) is 0. The summed E-state index contributed by atoms with van der Waals surface area (Å²) in [5.74, 6) is -1.84. The third-order valence-electron chi connectivity index (χ3n) is 1.22. The largest absolute Gasteiger partial charge is 0.478 e. The molecular weight excluding hydrogens is 184 g/mol. The molecule has 76 valence electrons. The van der Waals surface area contributed by atoms with Crippen LogP contribution in [0, 0.1) is 0 Å². The van der Waals surface area contributed by atoms with Crippen LogP contribution < -0.4 is 0 Å². The zero-order valence-electron chi connectivity index (χ0n) is 7.84. The van der Waals surface area contributed by atoms with Crippen molar-refractivity contribution < 1.29 is 19.4 Å². The predicted molar refractivity (Wildman–Crippen MR) is 51.7 cm³/mol. The van der Waals surface area contributed by atoms with Crippen molar-refractivity contribution in [3.05, 3.63) is 36.5 Å². The number of hydrogen-bond acceptors (Lipinski definition) is 3. The molecule has 0 saturated heterocycles. The first-order valence-electron chi connectivity index (χ1n) is 3.97. The minimum absolute atomic E-state index is 0.669. The molecular formula is C10H12O4. The highest BCUT2D eigenvalue weighted by Gasteiger charge is 1.91. The summed E-state index contributed by atoms with van der Waals surface area (Å²) in [6, 6.07) is 0. The first-order chi connectivity index (χ1) is 6.66. The van der Waals surface area contributed by atoms with Crippen molar-refractivity contribution in [2.75, 3.05) is 7.11 Å². The summed E-state index contributed by atoms with van der Waals surface area (Å²) >= 11 is 0. The molecule has 0 spiro atoms. The Labute approximate surface area is 82.2 Å². The van der Waals surface area contributed by atoms with Gasteiger partial charge in [0.2, 0.25) is 0 Å². The van der Waals surface area contributed by atoms with Crippen LogP contribution in [0.3, 0.4) is 0 Å². The second-order valence-electron chi connectivity index (χ2n) is 2.29. The fourth-order valence-corrected chi connectivity index (χ4v) is 0.600. The van der Waals surface area contributed by atoms with Gasteiger partial charge in [0.1, 0.15) is 0 Å². The second kappa shape index (κ2) is 7.79. The lowest BCUT2D eigenvalue weighted by molar-refractivity contribution is -0.136.